The van der Waals surface area contributed by atoms with Crippen molar-refractivity contribution in [1.82, 2.24) is 0 Å². The standard InChI is InChI=1S/C17H37N.C2H4O2/c1-3-4-5-6-7-8-9-10-11-12-13-14-17(2)15-16-18;1-2(3)4/h17H,3-16,18H2,1-2H3;1H3,(H,3,4). The van der Waals surface area contributed by atoms with Crippen molar-refractivity contribution in [3.63, 3.8) is 0 Å². The Morgan fingerprint density at radius 3 is 1.59 bits per heavy atom. The Morgan fingerprint density at radius 2 is 1.23 bits per heavy atom. The number of unbranched alkanes of at least 4 members (excludes halogenated alkanes) is 10. The molecule has 0 saturated carbocycles. The summed E-state index contributed by atoms with van der Waals surface area (Å²) in [6.07, 6.45) is 18.5. The maximum atomic E-state index is 9.00. The Kier molecular flexibility index (Phi) is 22.0. The maximum Gasteiger partial charge on any atom is 0.300 e. The third kappa shape index (κ3) is 27.7. The average Bonchev–Trinajstić information content (AvgIpc) is 2.44. The molecule has 22 heavy (non-hydrogen) atoms. The quantitative estimate of drug-likeness (QED) is 0.400. The second-order valence-corrected chi connectivity index (χ2v) is 6.53. The normalized spacial score (nSPS) is 11.6. The Bertz CT molecular complexity index is 215. The number of carboxylic acid groups (broad SMARTS) is 1. The second-order valence-electron chi connectivity index (χ2n) is 6.53. The van der Waals surface area contributed by atoms with Crippen molar-refractivity contribution in [3.8, 4) is 0 Å². The molecular weight excluding hydrogens is 274 g/mol. The van der Waals surface area contributed by atoms with E-state index in [1.54, 1.807) is 0 Å². The zero-order valence-corrected chi connectivity index (χ0v) is 15.4. The molecule has 3 heteroatoms. The van der Waals surface area contributed by atoms with Crippen molar-refractivity contribution in [3.05, 3.63) is 0 Å². The summed E-state index contributed by atoms with van der Waals surface area (Å²) in [5, 5.41) is 7.42. The highest BCUT2D eigenvalue weighted by molar-refractivity contribution is 5.62. The van der Waals surface area contributed by atoms with Gasteiger partial charge in [-0.3, -0.25) is 4.79 Å². The molecule has 0 amide bonds. The Balaban J connectivity index is 0. The fraction of sp³-hybridized carbons (Fsp3) is 0.947. The van der Waals surface area contributed by atoms with Crippen molar-refractivity contribution < 1.29 is 9.90 Å². The van der Waals surface area contributed by atoms with E-state index in [1.165, 1.54) is 83.5 Å². The van der Waals surface area contributed by atoms with Gasteiger partial charge >= 0.3 is 0 Å². The van der Waals surface area contributed by atoms with Gasteiger partial charge in [0.05, 0.1) is 0 Å². The highest BCUT2D eigenvalue weighted by Crippen LogP contribution is 2.15. The second kappa shape index (κ2) is 20.4. The molecule has 0 aromatic rings. The van der Waals surface area contributed by atoms with E-state index in [-0.39, 0.29) is 0 Å². The van der Waals surface area contributed by atoms with E-state index >= 15 is 0 Å². The highest BCUT2D eigenvalue weighted by Gasteiger charge is 2.00. The van der Waals surface area contributed by atoms with Crippen molar-refractivity contribution in [2.24, 2.45) is 11.7 Å². The number of hydrogen-bond donors (Lipinski definition) is 2. The third-order valence-corrected chi connectivity index (χ3v) is 3.96. The Hall–Kier alpha value is -0.570. The van der Waals surface area contributed by atoms with Crippen LogP contribution in [-0.4, -0.2) is 17.6 Å². The molecule has 0 bridgehead atoms. The molecule has 0 aliphatic rings. The Labute approximate surface area is 139 Å². The van der Waals surface area contributed by atoms with Crippen LogP contribution in [0.3, 0.4) is 0 Å². The van der Waals surface area contributed by atoms with Crippen LogP contribution in [-0.2, 0) is 4.79 Å². The minimum atomic E-state index is -0.833. The van der Waals surface area contributed by atoms with Crippen molar-refractivity contribution >= 4 is 5.97 Å². The summed E-state index contributed by atoms with van der Waals surface area (Å²) in [4.78, 5) is 9.00. The number of carbonyl (C=O) groups is 1. The van der Waals surface area contributed by atoms with E-state index < -0.39 is 5.97 Å². The fourth-order valence-electron chi connectivity index (χ4n) is 2.59. The van der Waals surface area contributed by atoms with Gasteiger partial charge in [0.2, 0.25) is 0 Å². The van der Waals surface area contributed by atoms with Crippen molar-refractivity contribution in [2.45, 2.75) is 104 Å². The van der Waals surface area contributed by atoms with E-state index in [0.29, 0.717) is 0 Å². The van der Waals surface area contributed by atoms with Crippen LogP contribution in [0.1, 0.15) is 104 Å². The number of rotatable bonds is 14. The fourth-order valence-corrected chi connectivity index (χ4v) is 2.59. The van der Waals surface area contributed by atoms with Crippen LogP contribution < -0.4 is 5.73 Å². The lowest BCUT2D eigenvalue weighted by Crippen LogP contribution is -2.05. The van der Waals surface area contributed by atoms with Gasteiger partial charge in [-0.25, -0.2) is 0 Å². The van der Waals surface area contributed by atoms with E-state index in [9.17, 15) is 0 Å². The minimum absolute atomic E-state index is 0.833. The lowest BCUT2D eigenvalue weighted by Gasteiger charge is -2.09. The van der Waals surface area contributed by atoms with Crippen LogP contribution in [0.5, 0.6) is 0 Å². The molecule has 1 atom stereocenters. The first-order valence-electron chi connectivity index (χ1n) is 9.44. The summed E-state index contributed by atoms with van der Waals surface area (Å²) < 4.78 is 0. The molecular formula is C19H41NO2. The summed E-state index contributed by atoms with van der Waals surface area (Å²) in [7, 11) is 0. The van der Waals surface area contributed by atoms with Gasteiger partial charge in [-0.2, -0.15) is 0 Å². The summed E-state index contributed by atoms with van der Waals surface area (Å²) in [5.41, 5.74) is 5.56. The Morgan fingerprint density at radius 1 is 0.864 bits per heavy atom. The lowest BCUT2D eigenvalue weighted by atomic mass is 9.99. The molecule has 0 aromatic heterocycles. The molecule has 0 radical (unpaired) electrons. The summed E-state index contributed by atoms with van der Waals surface area (Å²) >= 11 is 0. The molecule has 0 spiro atoms. The maximum absolute atomic E-state index is 9.00. The molecule has 0 heterocycles. The molecule has 1 unspecified atom stereocenters. The number of carboxylic acids is 1. The third-order valence-electron chi connectivity index (χ3n) is 3.96. The zero-order valence-electron chi connectivity index (χ0n) is 15.4. The number of hydrogen-bond acceptors (Lipinski definition) is 2. The van der Waals surface area contributed by atoms with Crippen LogP contribution in [0.2, 0.25) is 0 Å². The molecule has 0 fully saturated rings. The van der Waals surface area contributed by atoms with Crippen LogP contribution in [0.25, 0.3) is 0 Å². The first-order valence-corrected chi connectivity index (χ1v) is 9.44. The van der Waals surface area contributed by atoms with Crippen LogP contribution >= 0.6 is 0 Å². The van der Waals surface area contributed by atoms with Crippen LogP contribution in [0.15, 0.2) is 0 Å². The predicted octanol–water partition coefficient (Wildman–Crippen LogP) is 5.76. The first-order chi connectivity index (χ1) is 10.5. The summed E-state index contributed by atoms with van der Waals surface area (Å²) in [6.45, 7) is 6.57. The van der Waals surface area contributed by atoms with E-state index in [1.807, 2.05) is 0 Å². The summed E-state index contributed by atoms with van der Waals surface area (Å²) in [5.74, 6) is 0.00793. The SMILES string of the molecule is CC(=O)O.CCCCCCCCCCCCCC(C)CCN. The topological polar surface area (TPSA) is 63.3 Å². The molecule has 134 valence electrons. The zero-order chi connectivity index (χ0) is 17.1. The van der Waals surface area contributed by atoms with Crippen LogP contribution in [0.4, 0.5) is 0 Å². The average molecular weight is 316 g/mol. The van der Waals surface area contributed by atoms with Crippen LogP contribution in [0, 0.1) is 5.92 Å². The summed E-state index contributed by atoms with van der Waals surface area (Å²) in [6, 6.07) is 0. The predicted molar refractivity (Wildman–Crippen MR) is 97.2 cm³/mol. The van der Waals surface area contributed by atoms with Crippen molar-refractivity contribution in [1.29, 1.82) is 0 Å². The largest absolute Gasteiger partial charge is 0.481 e. The van der Waals surface area contributed by atoms with E-state index in [0.717, 1.165) is 19.4 Å². The van der Waals surface area contributed by atoms with Gasteiger partial charge in [0, 0.05) is 6.92 Å². The van der Waals surface area contributed by atoms with E-state index in [4.69, 9.17) is 15.6 Å². The van der Waals surface area contributed by atoms with Crippen molar-refractivity contribution in [2.75, 3.05) is 6.54 Å². The lowest BCUT2D eigenvalue weighted by molar-refractivity contribution is -0.134. The smallest absolute Gasteiger partial charge is 0.300 e. The van der Waals surface area contributed by atoms with Gasteiger partial charge in [0.1, 0.15) is 0 Å². The first kappa shape index (κ1) is 23.7. The van der Waals surface area contributed by atoms with Gasteiger partial charge in [-0.05, 0) is 18.9 Å². The number of nitrogens with two attached hydrogens (primary N) is 1. The number of aliphatic carboxylic acids is 1. The monoisotopic (exact) mass is 315 g/mol. The molecule has 3 N–H and O–H groups in total. The molecule has 3 nitrogen and oxygen atoms in total. The highest BCUT2D eigenvalue weighted by atomic mass is 16.4. The van der Waals surface area contributed by atoms with Gasteiger partial charge in [0.15, 0.2) is 0 Å². The van der Waals surface area contributed by atoms with Gasteiger partial charge in [0.25, 0.3) is 5.97 Å². The van der Waals surface area contributed by atoms with Gasteiger partial charge in [-0.1, -0.05) is 90.9 Å². The van der Waals surface area contributed by atoms with Gasteiger partial charge in [-0.15, -0.1) is 0 Å². The molecule has 0 aliphatic carbocycles. The minimum Gasteiger partial charge on any atom is -0.481 e. The molecule has 0 aromatic carbocycles. The van der Waals surface area contributed by atoms with E-state index in [2.05, 4.69) is 13.8 Å². The molecule has 0 aliphatic heterocycles. The molecule has 0 saturated heterocycles. The molecule has 0 rings (SSSR count). The van der Waals surface area contributed by atoms with Gasteiger partial charge < -0.3 is 10.8 Å².